The molecule has 0 spiro atoms. The second-order valence-electron chi connectivity index (χ2n) is 5.18. The van der Waals surface area contributed by atoms with E-state index in [1.54, 1.807) is 0 Å². The highest BCUT2D eigenvalue weighted by molar-refractivity contribution is 5.84. The zero-order chi connectivity index (χ0) is 11.3. The number of allylic oxidation sites excluding steroid dienone is 2. The van der Waals surface area contributed by atoms with Gasteiger partial charge in [0, 0.05) is 12.3 Å². The van der Waals surface area contributed by atoms with Crippen molar-refractivity contribution in [2.75, 3.05) is 0 Å². The number of carbonyl (C=O) groups excluding carboxylic acids is 1. The minimum atomic E-state index is 0.255. The molecule has 0 heterocycles. The highest BCUT2D eigenvalue weighted by atomic mass is 16.1. The molecule has 1 heteroatoms. The molecule has 1 rings (SSSR count). The number of Topliss-reactive ketones (excluding diaryl/α,β-unsaturated/α-hetero) is 1. The van der Waals surface area contributed by atoms with Crippen LogP contribution in [0.3, 0.4) is 0 Å². The van der Waals surface area contributed by atoms with E-state index in [9.17, 15) is 4.79 Å². The van der Waals surface area contributed by atoms with Crippen molar-refractivity contribution in [1.29, 1.82) is 0 Å². The normalized spacial score (nSPS) is 23.6. The number of ketones is 1. The summed E-state index contributed by atoms with van der Waals surface area (Å²) in [5, 5.41) is 0. The number of carbonyl (C=O) groups is 1. The monoisotopic (exact) mass is 208 g/mol. The Balaban J connectivity index is 2.43. The molecular formula is C14H24O. The molecule has 0 aromatic rings. The summed E-state index contributed by atoms with van der Waals surface area (Å²) in [5.74, 6) is 1.49. The van der Waals surface area contributed by atoms with Gasteiger partial charge in [-0.05, 0) is 38.5 Å². The molecule has 1 aliphatic rings. The van der Waals surface area contributed by atoms with Crippen LogP contribution in [-0.2, 0) is 4.79 Å². The molecule has 1 nitrogen and oxygen atoms in total. The topological polar surface area (TPSA) is 17.1 Å². The fraction of sp³-hybridized carbons (Fsp3) is 0.786. The van der Waals surface area contributed by atoms with Gasteiger partial charge in [-0.3, -0.25) is 4.79 Å². The molecule has 0 N–H and O–H groups in total. The highest BCUT2D eigenvalue weighted by Gasteiger charge is 2.22. The summed E-state index contributed by atoms with van der Waals surface area (Å²) in [6.45, 7) is 6.62. The van der Waals surface area contributed by atoms with E-state index in [4.69, 9.17) is 0 Å². The lowest BCUT2D eigenvalue weighted by Crippen LogP contribution is -2.19. The minimum Gasteiger partial charge on any atom is -0.299 e. The maximum atomic E-state index is 11.7. The van der Waals surface area contributed by atoms with Crippen molar-refractivity contribution in [1.82, 2.24) is 0 Å². The van der Waals surface area contributed by atoms with E-state index in [0.29, 0.717) is 5.78 Å². The Morgan fingerprint density at radius 2 is 2.20 bits per heavy atom. The molecule has 1 atom stereocenters. The Bertz CT molecular complexity index is 238. The zero-order valence-electron chi connectivity index (χ0n) is 10.4. The van der Waals surface area contributed by atoms with Gasteiger partial charge in [0.1, 0.15) is 5.78 Å². The fourth-order valence-electron chi connectivity index (χ4n) is 2.25. The molecule has 0 aromatic carbocycles. The van der Waals surface area contributed by atoms with Crippen LogP contribution in [0.5, 0.6) is 0 Å². The Morgan fingerprint density at radius 3 is 2.80 bits per heavy atom. The molecule has 1 fully saturated rings. The van der Waals surface area contributed by atoms with E-state index in [-0.39, 0.29) is 5.92 Å². The Morgan fingerprint density at radius 1 is 1.47 bits per heavy atom. The van der Waals surface area contributed by atoms with Crippen LogP contribution < -0.4 is 0 Å². The molecule has 86 valence electrons. The van der Waals surface area contributed by atoms with Crippen molar-refractivity contribution in [2.45, 2.75) is 59.3 Å². The second-order valence-corrected chi connectivity index (χ2v) is 5.18. The Kier molecular flexibility index (Phi) is 5.07. The Hall–Kier alpha value is -0.590. The van der Waals surface area contributed by atoms with Crippen molar-refractivity contribution in [3.63, 3.8) is 0 Å². The molecule has 0 amide bonds. The first-order chi connectivity index (χ1) is 7.11. The van der Waals surface area contributed by atoms with Gasteiger partial charge in [-0.25, -0.2) is 0 Å². The van der Waals surface area contributed by atoms with Crippen molar-refractivity contribution in [3.8, 4) is 0 Å². The molecule has 15 heavy (non-hydrogen) atoms. The van der Waals surface area contributed by atoms with E-state index in [0.717, 1.165) is 31.6 Å². The van der Waals surface area contributed by atoms with Gasteiger partial charge in [0.2, 0.25) is 0 Å². The van der Waals surface area contributed by atoms with Gasteiger partial charge >= 0.3 is 0 Å². The maximum Gasteiger partial charge on any atom is 0.139 e. The van der Waals surface area contributed by atoms with Gasteiger partial charge in [-0.15, -0.1) is 0 Å². The van der Waals surface area contributed by atoms with Crippen molar-refractivity contribution in [3.05, 3.63) is 11.6 Å². The van der Waals surface area contributed by atoms with Crippen molar-refractivity contribution >= 4 is 5.78 Å². The fourth-order valence-corrected chi connectivity index (χ4v) is 2.25. The third-order valence-electron chi connectivity index (χ3n) is 3.31. The van der Waals surface area contributed by atoms with E-state index >= 15 is 0 Å². The van der Waals surface area contributed by atoms with Gasteiger partial charge in [-0.1, -0.05) is 31.9 Å². The van der Waals surface area contributed by atoms with Crippen LogP contribution in [0.1, 0.15) is 59.3 Å². The van der Waals surface area contributed by atoms with Crippen LogP contribution in [0.4, 0.5) is 0 Å². The second kappa shape index (κ2) is 6.09. The van der Waals surface area contributed by atoms with E-state index < -0.39 is 0 Å². The molecule has 0 aliphatic heterocycles. The van der Waals surface area contributed by atoms with Gasteiger partial charge < -0.3 is 0 Å². The summed E-state index contributed by atoms with van der Waals surface area (Å²) < 4.78 is 0. The smallest absolute Gasteiger partial charge is 0.139 e. The lowest BCUT2D eigenvalue weighted by atomic mass is 9.83. The Labute approximate surface area is 93.9 Å². The molecule has 1 saturated carbocycles. The summed E-state index contributed by atoms with van der Waals surface area (Å²) in [4.78, 5) is 11.7. The predicted molar refractivity (Wildman–Crippen MR) is 64.8 cm³/mol. The summed E-state index contributed by atoms with van der Waals surface area (Å²) >= 11 is 0. The van der Waals surface area contributed by atoms with Crippen LogP contribution >= 0.6 is 0 Å². The van der Waals surface area contributed by atoms with Crippen LogP contribution in [0.2, 0.25) is 0 Å². The molecule has 0 radical (unpaired) electrons. The summed E-state index contributed by atoms with van der Waals surface area (Å²) in [6.07, 6.45) is 8.88. The number of hydrogen-bond acceptors (Lipinski definition) is 1. The van der Waals surface area contributed by atoms with E-state index in [1.807, 2.05) is 0 Å². The number of rotatable bonds is 4. The van der Waals surface area contributed by atoms with Crippen LogP contribution in [0.25, 0.3) is 0 Å². The predicted octanol–water partition coefficient (Wildman–Crippen LogP) is 4.13. The van der Waals surface area contributed by atoms with Crippen LogP contribution in [-0.4, -0.2) is 5.78 Å². The largest absolute Gasteiger partial charge is 0.299 e. The van der Waals surface area contributed by atoms with E-state index in [2.05, 4.69) is 26.8 Å². The summed E-state index contributed by atoms with van der Waals surface area (Å²) in [5.41, 5.74) is 1.32. The lowest BCUT2D eigenvalue weighted by Gasteiger charge is -2.21. The lowest BCUT2D eigenvalue weighted by molar-refractivity contribution is -0.123. The first-order valence-electron chi connectivity index (χ1n) is 6.30. The summed E-state index contributed by atoms with van der Waals surface area (Å²) in [7, 11) is 0. The van der Waals surface area contributed by atoms with Crippen LogP contribution in [0, 0.1) is 11.8 Å². The first kappa shape index (κ1) is 12.5. The molecular weight excluding hydrogens is 184 g/mol. The quantitative estimate of drug-likeness (QED) is 0.635. The zero-order valence-corrected chi connectivity index (χ0v) is 10.4. The van der Waals surface area contributed by atoms with Crippen molar-refractivity contribution in [2.24, 2.45) is 11.8 Å². The van der Waals surface area contributed by atoms with Crippen LogP contribution in [0.15, 0.2) is 11.6 Å². The van der Waals surface area contributed by atoms with Gasteiger partial charge in [0.15, 0.2) is 0 Å². The SMILES string of the molecule is C/C(=C\CCC(C)C)C1CCCCC1=O. The summed E-state index contributed by atoms with van der Waals surface area (Å²) in [6, 6.07) is 0. The third-order valence-corrected chi connectivity index (χ3v) is 3.31. The minimum absolute atomic E-state index is 0.255. The average molecular weight is 208 g/mol. The molecule has 0 aromatic heterocycles. The molecule has 0 saturated heterocycles. The van der Waals surface area contributed by atoms with Gasteiger partial charge in [0.25, 0.3) is 0 Å². The number of hydrogen-bond donors (Lipinski definition) is 0. The first-order valence-corrected chi connectivity index (χ1v) is 6.30. The standard InChI is InChI=1S/C14H24O/c1-11(2)7-6-8-12(3)13-9-4-5-10-14(13)15/h8,11,13H,4-7,9-10H2,1-3H3/b12-8+. The molecule has 0 bridgehead atoms. The average Bonchev–Trinajstić information content (AvgIpc) is 2.17. The highest BCUT2D eigenvalue weighted by Crippen LogP contribution is 2.27. The molecule has 1 aliphatic carbocycles. The van der Waals surface area contributed by atoms with E-state index in [1.165, 1.54) is 18.4 Å². The third kappa shape index (κ3) is 4.19. The van der Waals surface area contributed by atoms with Gasteiger partial charge in [0.05, 0.1) is 0 Å². The molecule has 1 unspecified atom stereocenters. The van der Waals surface area contributed by atoms with Gasteiger partial charge in [-0.2, -0.15) is 0 Å². The van der Waals surface area contributed by atoms with Crippen molar-refractivity contribution < 1.29 is 4.79 Å². The maximum absolute atomic E-state index is 11.7.